The third kappa shape index (κ3) is 5.20. The summed E-state index contributed by atoms with van der Waals surface area (Å²) in [5.41, 5.74) is 0.437. The SMILES string of the molecule is CC(C)(C)OC(=O)NC(C(=O)NC1C(=O)N2C(C(=O)O)=C(CI)CS[C@@H]12)c1ccccc1. The van der Waals surface area contributed by atoms with Crippen LogP contribution in [0.3, 0.4) is 0 Å². The Kier molecular flexibility index (Phi) is 7.38. The van der Waals surface area contributed by atoms with Crippen molar-refractivity contribution in [1.82, 2.24) is 15.5 Å². The highest BCUT2D eigenvalue weighted by molar-refractivity contribution is 14.1. The number of nitrogens with zero attached hydrogens (tertiary/aromatic N) is 1. The summed E-state index contributed by atoms with van der Waals surface area (Å²) < 4.78 is 5.77. The minimum absolute atomic E-state index is 0.00913. The van der Waals surface area contributed by atoms with Gasteiger partial charge >= 0.3 is 12.1 Å². The molecule has 0 aliphatic carbocycles. The van der Waals surface area contributed by atoms with Crippen molar-refractivity contribution in [3.8, 4) is 0 Å². The summed E-state index contributed by atoms with van der Waals surface area (Å²) in [7, 11) is 0. The number of alkyl halides is 1. The van der Waals surface area contributed by atoms with E-state index in [-0.39, 0.29) is 5.70 Å². The molecule has 1 fully saturated rings. The molecule has 1 saturated heterocycles. The number of amides is 3. The number of fused-ring (bicyclic) bond motifs is 1. The number of ether oxygens (including phenoxy) is 1. The molecule has 0 saturated carbocycles. The summed E-state index contributed by atoms with van der Waals surface area (Å²) in [6.45, 7) is 5.14. The van der Waals surface area contributed by atoms with Gasteiger partial charge in [0.1, 0.15) is 28.8 Å². The molecular formula is C21H24IN3O6S. The molecule has 0 radical (unpaired) electrons. The summed E-state index contributed by atoms with van der Waals surface area (Å²) >= 11 is 3.47. The van der Waals surface area contributed by atoms with Gasteiger partial charge in [0.2, 0.25) is 5.91 Å². The van der Waals surface area contributed by atoms with Crippen LogP contribution in [0, 0.1) is 0 Å². The number of carbonyl (C=O) groups excluding carboxylic acids is 3. The highest BCUT2D eigenvalue weighted by atomic mass is 127. The van der Waals surface area contributed by atoms with Crippen LogP contribution in [0.25, 0.3) is 0 Å². The van der Waals surface area contributed by atoms with Crippen LogP contribution in [0.4, 0.5) is 4.79 Å². The fourth-order valence-corrected chi connectivity index (χ4v) is 5.74. The lowest BCUT2D eigenvalue weighted by molar-refractivity contribution is -0.151. The summed E-state index contributed by atoms with van der Waals surface area (Å²) in [6.07, 6.45) is -0.766. The number of β-lactam (4-membered cyclic amide) rings is 1. The number of halogens is 1. The molecule has 1 aromatic rings. The molecule has 0 aromatic heterocycles. The lowest BCUT2D eigenvalue weighted by atomic mass is 10.0. The van der Waals surface area contributed by atoms with Crippen LogP contribution in [0.1, 0.15) is 32.4 Å². The molecule has 2 heterocycles. The van der Waals surface area contributed by atoms with Crippen molar-refractivity contribution in [2.24, 2.45) is 0 Å². The van der Waals surface area contributed by atoms with Gasteiger partial charge in [-0.3, -0.25) is 14.5 Å². The van der Waals surface area contributed by atoms with Crippen LogP contribution in [0.2, 0.25) is 0 Å². The Hall–Kier alpha value is -2.28. The molecule has 2 unspecified atom stereocenters. The first-order chi connectivity index (χ1) is 15.0. The number of carboxylic acid groups (broad SMARTS) is 1. The molecular weight excluding hydrogens is 549 g/mol. The molecule has 3 amide bonds. The summed E-state index contributed by atoms with van der Waals surface area (Å²) in [5, 5.41) is 14.3. The zero-order chi connectivity index (χ0) is 23.6. The Bertz CT molecular complexity index is 962. The van der Waals surface area contributed by atoms with Crippen molar-refractivity contribution in [2.45, 2.75) is 43.8 Å². The maximum Gasteiger partial charge on any atom is 0.408 e. The molecule has 3 rings (SSSR count). The van der Waals surface area contributed by atoms with Gasteiger partial charge in [-0.05, 0) is 31.9 Å². The third-order valence-electron chi connectivity index (χ3n) is 4.77. The minimum Gasteiger partial charge on any atom is -0.477 e. The van der Waals surface area contributed by atoms with Gasteiger partial charge in [-0.15, -0.1) is 11.8 Å². The molecule has 172 valence electrons. The minimum atomic E-state index is -1.16. The van der Waals surface area contributed by atoms with E-state index >= 15 is 0 Å². The number of carboxylic acids is 1. The molecule has 1 aromatic carbocycles. The number of alkyl carbamates (subject to hydrolysis) is 1. The number of thioether (sulfide) groups is 1. The zero-order valence-corrected chi connectivity index (χ0v) is 20.7. The van der Waals surface area contributed by atoms with Crippen molar-refractivity contribution >= 4 is 58.2 Å². The molecule has 11 heteroatoms. The first-order valence-electron chi connectivity index (χ1n) is 9.84. The second-order valence-corrected chi connectivity index (χ2v) is 10.1. The Labute approximate surface area is 203 Å². The van der Waals surface area contributed by atoms with Gasteiger partial charge in [0.25, 0.3) is 5.91 Å². The van der Waals surface area contributed by atoms with E-state index < -0.39 is 46.9 Å². The Morgan fingerprint density at radius 3 is 2.50 bits per heavy atom. The number of hydrogen-bond donors (Lipinski definition) is 3. The van der Waals surface area contributed by atoms with E-state index in [1.165, 1.54) is 16.7 Å². The van der Waals surface area contributed by atoms with Crippen LogP contribution in [-0.2, 0) is 19.1 Å². The van der Waals surface area contributed by atoms with Crippen LogP contribution < -0.4 is 10.6 Å². The Morgan fingerprint density at radius 1 is 1.28 bits per heavy atom. The van der Waals surface area contributed by atoms with Crippen molar-refractivity contribution in [2.75, 3.05) is 10.2 Å². The van der Waals surface area contributed by atoms with E-state index in [9.17, 15) is 24.3 Å². The van der Waals surface area contributed by atoms with Crippen molar-refractivity contribution in [3.63, 3.8) is 0 Å². The second-order valence-electron chi connectivity index (χ2n) is 8.28. The average molecular weight is 573 g/mol. The van der Waals surface area contributed by atoms with Crippen molar-refractivity contribution < 1.29 is 29.0 Å². The average Bonchev–Trinajstić information content (AvgIpc) is 2.73. The lowest BCUT2D eigenvalue weighted by Crippen LogP contribution is -2.71. The van der Waals surface area contributed by atoms with E-state index in [2.05, 4.69) is 33.2 Å². The van der Waals surface area contributed by atoms with Crippen LogP contribution in [0.5, 0.6) is 0 Å². The highest BCUT2D eigenvalue weighted by Crippen LogP contribution is 2.40. The van der Waals surface area contributed by atoms with E-state index in [4.69, 9.17) is 4.74 Å². The van der Waals surface area contributed by atoms with E-state index in [0.29, 0.717) is 21.3 Å². The van der Waals surface area contributed by atoms with Gasteiger partial charge in [-0.25, -0.2) is 9.59 Å². The van der Waals surface area contributed by atoms with Gasteiger partial charge in [0.15, 0.2) is 0 Å². The van der Waals surface area contributed by atoms with E-state index in [0.717, 1.165) is 0 Å². The first kappa shape index (κ1) is 24.4. The number of nitrogens with one attached hydrogen (secondary N) is 2. The molecule has 2 aliphatic heterocycles. The molecule has 9 nitrogen and oxygen atoms in total. The Balaban J connectivity index is 1.77. The largest absolute Gasteiger partial charge is 0.477 e. The van der Waals surface area contributed by atoms with Gasteiger partial charge in [0.05, 0.1) is 0 Å². The maximum absolute atomic E-state index is 13.1. The highest BCUT2D eigenvalue weighted by Gasteiger charge is 2.54. The third-order valence-corrected chi connectivity index (χ3v) is 7.03. The summed E-state index contributed by atoms with van der Waals surface area (Å²) in [4.78, 5) is 51.1. The van der Waals surface area contributed by atoms with Gasteiger partial charge in [0, 0.05) is 10.2 Å². The van der Waals surface area contributed by atoms with Crippen molar-refractivity contribution in [3.05, 3.63) is 47.2 Å². The molecule has 32 heavy (non-hydrogen) atoms. The topological polar surface area (TPSA) is 125 Å². The van der Waals surface area contributed by atoms with Gasteiger partial charge in [-0.2, -0.15) is 0 Å². The summed E-state index contributed by atoms with van der Waals surface area (Å²) in [6, 6.07) is 6.64. The zero-order valence-electron chi connectivity index (χ0n) is 17.8. The van der Waals surface area contributed by atoms with E-state index in [1.54, 1.807) is 51.1 Å². The normalized spacial score (nSPS) is 21.2. The standard InChI is InChI=1S/C21H24IN3O6S/c1-21(2,3)31-20(30)24-13(11-7-5-4-6-8-11)16(26)23-14-17(27)25-15(19(28)29)12(9-22)10-32-18(14)25/h4-8,13-14,18H,9-10H2,1-3H3,(H,23,26)(H,24,30)(H,28,29)/t13?,14?,18-/m0/s1. The molecule has 2 aliphatic rings. The molecule has 3 atom stereocenters. The monoisotopic (exact) mass is 573 g/mol. The molecule has 0 bridgehead atoms. The smallest absolute Gasteiger partial charge is 0.408 e. The number of rotatable bonds is 6. The number of benzene rings is 1. The fourth-order valence-electron chi connectivity index (χ4n) is 3.39. The molecule has 0 spiro atoms. The number of hydrogen-bond acceptors (Lipinski definition) is 6. The van der Waals surface area contributed by atoms with E-state index in [1.807, 2.05) is 0 Å². The predicted octanol–water partition coefficient (Wildman–Crippen LogP) is 2.43. The summed E-state index contributed by atoms with van der Waals surface area (Å²) in [5.74, 6) is -1.77. The van der Waals surface area contributed by atoms with Crippen molar-refractivity contribution in [1.29, 1.82) is 0 Å². The predicted molar refractivity (Wildman–Crippen MR) is 127 cm³/mol. The number of carbonyl (C=O) groups is 4. The second kappa shape index (κ2) is 9.69. The first-order valence-corrected chi connectivity index (χ1v) is 12.4. The van der Waals surface area contributed by atoms with Gasteiger partial charge < -0.3 is 20.5 Å². The number of aliphatic carboxylic acids is 1. The molecule has 3 N–H and O–H groups in total. The quantitative estimate of drug-likeness (QED) is 0.271. The van der Waals surface area contributed by atoms with Crippen LogP contribution in [-0.4, -0.2) is 61.1 Å². The Morgan fingerprint density at radius 2 is 1.94 bits per heavy atom. The van der Waals surface area contributed by atoms with Crippen LogP contribution >= 0.6 is 34.4 Å². The fraction of sp³-hybridized carbons (Fsp3) is 0.429. The lowest BCUT2D eigenvalue weighted by Gasteiger charge is -2.49. The van der Waals surface area contributed by atoms with Crippen LogP contribution in [0.15, 0.2) is 41.6 Å². The maximum atomic E-state index is 13.1. The van der Waals surface area contributed by atoms with Gasteiger partial charge in [-0.1, -0.05) is 52.9 Å².